The van der Waals surface area contributed by atoms with Gasteiger partial charge < -0.3 is 15.1 Å². The molecule has 0 saturated carbocycles. The molecular formula is C24H22F4N6O. The predicted molar refractivity (Wildman–Crippen MR) is 124 cm³/mol. The Bertz CT molecular complexity index is 1440. The molecule has 1 aliphatic rings. The molecule has 7 nitrogen and oxygen atoms in total. The normalized spacial score (nSPS) is 15.5. The molecule has 35 heavy (non-hydrogen) atoms. The Morgan fingerprint density at radius 3 is 2.63 bits per heavy atom. The standard InChI is InChI=1S/C24H22F4N6O/c1-13(14-4-3-5-15(21(14)26)22(27)28)30-23-16-10-19(33-9-8-32(2)20(35)12-33)17(25)11-18(16)34-7-6-29-24(34)31-23/h3-7,10-11,13,22H,8-9,12H2,1-2H3,(H,29,30,31). The van der Waals surface area contributed by atoms with Crippen LogP contribution >= 0.6 is 0 Å². The third-order valence-corrected chi connectivity index (χ3v) is 6.32. The SMILES string of the molecule is CC(Nc1nc2nccn2c2cc(F)c(N3CCN(C)C(=O)C3)cc12)c1cccc(C(F)F)c1F. The Morgan fingerprint density at radius 2 is 1.89 bits per heavy atom. The third kappa shape index (κ3) is 4.00. The lowest BCUT2D eigenvalue weighted by Gasteiger charge is -2.33. The molecule has 0 spiro atoms. The minimum absolute atomic E-state index is 0.0322. The van der Waals surface area contributed by atoms with Crippen LogP contribution in [0.25, 0.3) is 16.7 Å². The topological polar surface area (TPSA) is 65.8 Å². The summed E-state index contributed by atoms with van der Waals surface area (Å²) in [6.07, 6.45) is 0.215. The zero-order valence-electron chi connectivity index (χ0n) is 19.0. The number of alkyl halides is 2. The van der Waals surface area contributed by atoms with Crippen LogP contribution in [-0.4, -0.2) is 51.9 Å². The van der Waals surface area contributed by atoms with Crippen LogP contribution in [0.2, 0.25) is 0 Å². The average Bonchev–Trinajstić information content (AvgIpc) is 3.29. The summed E-state index contributed by atoms with van der Waals surface area (Å²) in [7, 11) is 1.70. The van der Waals surface area contributed by atoms with E-state index in [1.807, 2.05) is 0 Å². The minimum Gasteiger partial charge on any atom is -0.363 e. The Hall–Kier alpha value is -3.89. The highest BCUT2D eigenvalue weighted by atomic mass is 19.3. The summed E-state index contributed by atoms with van der Waals surface area (Å²) < 4.78 is 58.0. The van der Waals surface area contributed by atoms with Gasteiger partial charge in [-0.05, 0) is 13.0 Å². The number of hydrogen-bond donors (Lipinski definition) is 1. The van der Waals surface area contributed by atoms with E-state index in [1.54, 1.807) is 40.4 Å². The van der Waals surface area contributed by atoms with Crippen molar-refractivity contribution in [3.63, 3.8) is 0 Å². The summed E-state index contributed by atoms with van der Waals surface area (Å²) >= 11 is 0. The van der Waals surface area contributed by atoms with Crippen LogP contribution in [-0.2, 0) is 4.79 Å². The molecule has 1 aliphatic heterocycles. The number of piperazine rings is 1. The van der Waals surface area contributed by atoms with Crippen molar-refractivity contribution in [2.24, 2.45) is 0 Å². The molecule has 11 heteroatoms. The summed E-state index contributed by atoms with van der Waals surface area (Å²) in [5, 5.41) is 3.60. The van der Waals surface area contributed by atoms with Crippen LogP contribution < -0.4 is 10.2 Å². The number of hydrogen-bond acceptors (Lipinski definition) is 5. The Balaban J connectivity index is 1.60. The number of carbonyl (C=O) groups is 1. The van der Waals surface area contributed by atoms with E-state index in [4.69, 9.17) is 0 Å². The third-order valence-electron chi connectivity index (χ3n) is 6.32. The summed E-state index contributed by atoms with van der Waals surface area (Å²) in [4.78, 5) is 24.1. The van der Waals surface area contributed by atoms with Gasteiger partial charge in [0.15, 0.2) is 0 Å². The quantitative estimate of drug-likeness (QED) is 0.420. The van der Waals surface area contributed by atoms with Crippen molar-refractivity contribution in [1.29, 1.82) is 0 Å². The molecule has 0 aliphatic carbocycles. The molecular weight excluding hydrogens is 464 g/mol. The minimum atomic E-state index is -2.95. The van der Waals surface area contributed by atoms with Gasteiger partial charge in [0.05, 0.1) is 29.4 Å². The van der Waals surface area contributed by atoms with Crippen LogP contribution in [0.4, 0.5) is 29.1 Å². The molecule has 5 rings (SSSR count). The molecule has 182 valence electrons. The predicted octanol–water partition coefficient (Wildman–Crippen LogP) is 4.55. The number of carbonyl (C=O) groups excluding carboxylic acids is 1. The first-order valence-corrected chi connectivity index (χ1v) is 11.0. The van der Waals surface area contributed by atoms with Crippen molar-refractivity contribution in [2.45, 2.75) is 19.4 Å². The largest absolute Gasteiger partial charge is 0.363 e. The van der Waals surface area contributed by atoms with E-state index in [1.165, 1.54) is 24.4 Å². The molecule has 2 aromatic carbocycles. The van der Waals surface area contributed by atoms with Crippen molar-refractivity contribution in [1.82, 2.24) is 19.3 Å². The van der Waals surface area contributed by atoms with E-state index in [0.29, 0.717) is 24.0 Å². The van der Waals surface area contributed by atoms with Gasteiger partial charge in [-0.15, -0.1) is 0 Å². The van der Waals surface area contributed by atoms with Crippen LogP contribution in [0.1, 0.15) is 30.5 Å². The summed E-state index contributed by atoms with van der Waals surface area (Å²) in [6, 6.07) is 6.05. The molecule has 2 aromatic heterocycles. The number of nitrogens with zero attached hydrogens (tertiary/aromatic N) is 5. The number of halogens is 4. The van der Waals surface area contributed by atoms with E-state index in [-0.39, 0.29) is 35.3 Å². The number of nitrogens with one attached hydrogen (secondary N) is 1. The summed E-state index contributed by atoms with van der Waals surface area (Å²) in [5.74, 6) is -1.05. The lowest BCUT2D eigenvalue weighted by molar-refractivity contribution is -0.129. The first-order valence-electron chi connectivity index (χ1n) is 11.0. The van der Waals surface area contributed by atoms with E-state index in [9.17, 15) is 18.0 Å². The van der Waals surface area contributed by atoms with Crippen molar-refractivity contribution in [3.8, 4) is 0 Å². The second kappa shape index (κ2) is 8.71. The molecule has 1 saturated heterocycles. The number of imidazole rings is 1. The highest BCUT2D eigenvalue weighted by molar-refractivity contribution is 5.94. The van der Waals surface area contributed by atoms with E-state index in [0.717, 1.165) is 6.07 Å². The van der Waals surface area contributed by atoms with Gasteiger partial charge in [-0.2, -0.15) is 4.98 Å². The smallest absolute Gasteiger partial charge is 0.266 e. The molecule has 3 heterocycles. The van der Waals surface area contributed by atoms with Gasteiger partial charge in [0, 0.05) is 49.5 Å². The van der Waals surface area contributed by atoms with Gasteiger partial charge in [-0.25, -0.2) is 22.5 Å². The highest BCUT2D eigenvalue weighted by Crippen LogP contribution is 2.34. The fourth-order valence-electron chi connectivity index (χ4n) is 4.34. The molecule has 1 amide bonds. The fraction of sp³-hybridized carbons (Fsp3) is 0.292. The van der Waals surface area contributed by atoms with Crippen LogP contribution in [0.5, 0.6) is 0 Å². The Kier molecular flexibility index (Phi) is 5.70. The first-order chi connectivity index (χ1) is 16.7. The van der Waals surface area contributed by atoms with Crippen molar-refractivity contribution in [3.05, 3.63) is 65.5 Å². The number of fused-ring (bicyclic) bond motifs is 3. The zero-order valence-corrected chi connectivity index (χ0v) is 19.0. The Morgan fingerprint density at radius 1 is 1.11 bits per heavy atom. The van der Waals surface area contributed by atoms with E-state index >= 15 is 4.39 Å². The number of amides is 1. The van der Waals surface area contributed by atoms with Gasteiger partial charge in [0.1, 0.15) is 17.5 Å². The molecule has 1 N–H and O–H groups in total. The van der Waals surface area contributed by atoms with Crippen molar-refractivity contribution < 1.29 is 22.4 Å². The van der Waals surface area contributed by atoms with Gasteiger partial charge in [-0.1, -0.05) is 18.2 Å². The van der Waals surface area contributed by atoms with Crippen molar-refractivity contribution in [2.75, 3.05) is 36.9 Å². The molecule has 0 bridgehead atoms. The van der Waals surface area contributed by atoms with Crippen molar-refractivity contribution >= 4 is 34.1 Å². The second-order valence-corrected chi connectivity index (χ2v) is 8.53. The molecule has 1 atom stereocenters. The Labute approximate surface area is 198 Å². The molecule has 1 fully saturated rings. The summed E-state index contributed by atoms with van der Waals surface area (Å²) in [6.45, 7) is 2.57. The zero-order chi connectivity index (χ0) is 24.9. The number of rotatable bonds is 5. The van der Waals surface area contributed by atoms with E-state index < -0.39 is 29.7 Å². The maximum Gasteiger partial charge on any atom is 0.266 e. The highest BCUT2D eigenvalue weighted by Gasteiger charge is 2.25. The first kappa shape index (κ1) is 22.9. The molecule has 0 radical (unpaired) electrons. The van der Waals surface area contributed by atoms with Crippen LogP contribution in [0, 0.1) is 11.6 Å². The lowest BCUT2D eigenvalue weighted by atomic mass is 10.0. The molecule has 4 aromatic rings. The maximum absolute atomic E-state index is 15.2. The number of anilines is 2. The van der Waals surface area contributed by atoms with Crippen LogP contribution in [0.3, 0.4) is 0 Å². The second-order valence-electron chi connectivity index (χ2n) is 8.53. The monoisotopic (exact) mass is 486 g/mol. The van der Waals surface area contributed by atoms with Crippen LogP contribution in [0.15, 0.2) is 42.7 Å². The maximum atomic E-state index is 15.2. The molecule has 1 unspecified atom stereocenters. The lowest BCUT2D eigenvalue weighted by Crippen LogP contribution is -2.48. The van der Waals surface area contributed by atoms with Gasteiger partial charge in [0.25, 0.3) is 6.43 Å². The number of benzene rings is 2. The fourth-order valence-corrected chi connectivity index (χ4v) is 4.34. The number of aromatic nitrogens is 3. The van der Waals surface area contributed by atoms with Gasteiger partial charge in [-0.3, -0.25) is 9.20 Å². The van der Waals surface area contributed by atoms with E-state index in [2.05, 4.69) is 15.3 Å². The summed E-state index contributed by atoms with van der Waals surface area (Å²) in [5.41, 5.74) is 0.0715. The van der Waals surface area contributed by atoms with Gasteiger partial charge in [0.2, 0.25) is 11.7 Å². The average molecular weight is 486 g/mol. The number of likely N-dealkylation sites (N-methyl/N-ethyl adjacent to an activating group) is 1. The van der Waals surface area contributed by atoms with Gasteiger partial charge >= 0.3 is 0 Å².